The average molecular weight is 368 g/mol. The first kappa shape index (κ1) is 19.5. The summed E-state index contributed by atoms with van der Waals surface area (Å²) < 4.78 is 25.3. The van der Waals surface area contributed by atoms with E-state index in [9.17, 15) is 8.42 Å². The van der Waals surface area contributed by atoms with Gasteiger partial charge in [0.1, 0.15) is 0 Å². The second-order valence-corrected chi connectivity index (χ2v) is 8.30. The average Bonchev–Trinajstić information content (AvgIpc) is 3.06. The van der Waals surface area contributed by atoms with Crippen LogP contribution in [0.15, 0.2) is 29.3 Å². The van der Waals surface area contributed by atoms with Gasteiger partial charge in [0.2, 0.25) is 10.0 Å². The molecule has 0 aromatic heterocycles. The molecule has 7 nitrogen and oxygen atoms in total. The van der Waals surface area contributed by atoms with E-state index in [1.165, 1.54) is 11.3 Å². The monoisotopic (exact) mass is 367 g/mol. The zero-order valence-electron chi connectivity index (χ0n) is 15.2. The van der Waals surface area contributed by atoms with Crippen molar-refractivity contribution in [3.63, 3.8) is 0 Å². The summed E-state index contributed by atoms with van der Waals surface area (Å²) in [5.41, 5.74) is 2.51. The number of nitrogens with zero attached hydrogens (tertiary/aromatic N) is 2. The molecule has 1 atom stereocenters. The Labute approximate surface area is 151 Å². The second kappa shape index (κ2) is 9.05. The first-order valence-electron chi connectivity index (χ1n) is 8.69. The van der Waals surface area contributed by atoms with Gasteiger partial charge in [-0.05, 0) is 32.4 Å². The lowest BCUT2D eigenvalue weighted by Crippen LogP contribution is -2.46. The van der Waals surface area contributed by atoms with Gasteiger partial charge in [0.05, 0.1) is 5.75 Å². The maximum absolute atomic E-state index is 11.4. The molecule has 0 saturated carbocycles. The van der Waals surface area contributed by atoms with Crippen molar-refractivity contribution < 1.29 is 8.42 Å². The number of sulfonamides is 1. The van der Waals surface area contributed by atoms with Gasteiger partial charge in [0.25, 0.3) is 0 Å². The fraction of sp³-hybridized carbons (Fsp3) is 0.588. The molecule has 1 fully saturated rings. The lowest BCUT2D eigenvalue weighted by molar-refractivity contribution is 0.581. The van der Waals surface area contributed by atoms with E-state index in [0.29, 0.717) is 25.1 Å². The SMILES string of the molecule is CCS(=O)(=O)NCCNC(=NC)NC1CCN(c2ccc(C)cc2)C1. The van der Waals surface area contributed by atoms with Crippen LogP contribution in [-0.2, 0) is 10.0 Å². The molecule has 1 unspecified atom stereocenters. The summed E-state index contributed by atoms with van der Waals surface area (Å²) >= 11 is 0. The van der Waals surface area contributed by atoms with Crippen LogP contribution in [0.2, 0.25) is 0 Å². The number of hydrogen-bond acceptors (Lipinski definition) is 4. The van der Waals surface area contributed by atoms with Crippen LogP contribution in [0.25, 0.3) is 0 Å². The Balaban J connectivity index is 1.76. The number of rotatable bonds is 7. The van der Waals surface area contributed by atoms with Crippen molar-refractivity contribution in [3.8, 4) is 0 Å². The summed E-state index contributed by atoms with van der Waals surface area (Å²) in [4.78, 5) is 6.57. The molecule has 0 aliphatic carbocycles. The van der Waals surface area contributed by atoms with E-state index >= 15 is 0 Å². The van der Waals surface area contributed by atoms with Crippen LogP contribution < -0.4 is 20.3 Å². The number of aliphatic imine (C=N–C) groups is 1. The molecule has 1 aromatic carbocycles. The Morgan fingerprint density at radius 2 is 2.00 bits per heavy atom. The smallest absolute Gasteiger partial charge is 0.211 e. The highest BCUT2D eigenvalue weighted by atomic mass is 32.2. The Morgan fingerprint density at radius 1 is 1.28 bits per heavy atom. The molecule has 8 heteroatoms. The van der Waals surface area contributed by atoms with Gasteiger partial charge in [-0.15, -0.1) is 0 Å². The largest absolute Gasteiger partial charge is 0.369 e. The van der Waals surface area contributed by atoms with E-state index < -0.39 is 10.0 Å². The van der Waals surface area contributed by atoms with Gasteiger partial charge in [-0.1, -0.05) is 17.7 Å². The molecule has 0 bridgehead atoms. The third-order valence-electron chi connectivity index (χ3n) is 4.27. The highest BCUT2D eigenvalue weighted by Gasteiger charge is 2.23. The summed E-state index contributed by atoms with van der Waals surface area (Å²) in [5.74, 6) is 0.795. The van der Waals surface area contributed by atoms with Gasteiger partial charge >= 0.3 is 0 Å². The number of benzene rings is 1. The molecule has 25 heavy (non-hydrogen) atoms. The fourth-order valence-corrected chi connectivity index (χ4v) is 3.36. The standard InChI is InChI=1S/C17H29N5O2S/c1-4-25(23,24)20-11-10-19-17(18-3)21-15-9-12-22(13-15)16-7-5-14(2)6-8-16/h5-8,15,20H,4,9-13H2,1-3H3,(H2,18,19,21). The maximum Gasteiger partial charge on any atom is 0.211 e. The molecule has 140 valence electrons. The zero-order valence-corrected chi connectivity index (χ0v) is 16.1. The Hall–Kier alpha value is -1.80. The topological polar surface area (TPSA) is 85.8 Å². The van der Waals surface area contributed by atoms with E-state index in [1.54, 1.807) is 14.0 Å². The van der Waals surface area contributed by atoms with Crippen molar-refractivity contribution in [1.29, 1.82) is 0 Å². The highest BCUT2D eigenvalue weighted by Crippen LogP contribution is 2.20. The van der Waals surface area contributed by atoms with E-state index in [-0.39, 0.29) is 5.75 Å². The minimum Gasteiger partial charge on any atom is -0.369 e. The van der Waals surface area contributed by atoms with Gasteiger partial charge in [0.15, 0.2) is 5.96 Å². The van der Waals surface area contributed by atoms with E-state index in [0.717, 1.165) is 19.5 Å². The molecule has 1 aliphatic rings. The molecular formula is C17H29N5O2S. The zero-order chi connectivity index (χ0) is 18.3. The van der Waals surface area contributed by atoms with Crippen molar-refractivity contribution in [3.05, 3.63) is 29.8 Å². The first-order chi connectivity index (χ1) is 11.9. The van der Waals surface area contributed by atoms with Crippen LogP contribution in [0.4, 0.5) is 5.69 Å². The number of aryl methyl sites for hydroxylation is 1. The van der Waals surface area contributed by atoms with Crippen LogP contribution in [-0.4, -0.2) is 59.4 Å². The number of anilines is 1. The first-order valence-corrected chi connectivity index (χ1v) is 10.3. The summed E-state index contributed by atoms with van der Waals surface area (Å²) in [5, 5.41) is 6.56. The predicted octanol–water partition coefficient (Wildman–Crippen LogP) is 0.678. The van der Waals surface area contributed by atoms with Gasteiger partial charge in [-0.25, -0.2) is 13.1 Å². The van der Waals surface area contributed by atoms with Gasteiger partial charge < -0.3 is 15.5 Å². The quantitative estimate of drug-likeness (QED) is 0.375. The maximum atomic E-state index is 11.4. The van der Waals surface area contributed by atoms with E-state index in [4.69, 9.17) is 0 Å². The Kier molecular flexibility index (Phi) is 7.07. The van der Waals surface area contributed by atoms with Crippen molar-refractivity contribution in [2.24, 2.45) is 4.99 Å². The van der Waals surface area contributed by atoms with Crippen LogP contribution in [0, 0.1) is 6.92 Å². The van der Waals surface area contributed by atoms with Gasteiger partial charge in [0, 0.05) is 45.0 Å². The number of nitrogens with one attached hydrogen (secondary N) is 3. The lowest BCUT2D eigenvalue weighted by atomic mass is 10.2. The Morgan fingerprint density at radius 3 is 2.64 bits per heavy atom. The highest BCUT2D eigenvalue weighted by molar-refractivity contribution is 7.89. The minimum absolute atomic E-state index is 0.0941. The molecule has 0 spiro atoms. The summed E-state index contributed by atoms with van der Waals surface area (Å²) in [6, 6.07) is 8.90. The van der Waals surface area contributed by atoms with Crippen LogP contribution >= 0.6 is 0 Å². The van der Waals surface area contributed by atoms with Crippen LogP contribution in [0.5, 0.6) is 0 Å². The molecule has 1 aliphatic heterocycles. The van der Waals surface area contributed by atoms with Crippen molar-refractivity contribution >= 4 is 21.7 Å². The minimum atomic E-state index is -3.14. The summed E-state index contributed by atoms with van der Waals surface area (Å²) in [6.45, 7) is 6.48. The molecule has 0 radical (unpaired) electrons. The normalized spacial score (nSPS) is 18.4. The number of guanidine groups is 1. The van der Waals surface area contributed by atoms with Crippen LogP contribution in [0.1, 0.15) is 18.9 Å². The van der Waals surface area contributed by atoms with Gasteiger partial charge in [-0.3, -0.25) is 4.99 Å². The van der Waals surface area contributed by atoms with Crippen molar-refractivity contribution in [2.75, 3.05) is 43.9 Å². The molecule has 1 aromatic rings. The molecule has 1 saturated heterocycles. The summed E-state index contributed by atoms with van der Waals surface area (Å²) in [6.07, 6.45) is 1.04. The lowest BCUT2D eigenvalue weighted by Gasteiger charge is -2.20. The van der Waals surface area contributed by atoms with E-state index in [1.807, 2.05) is 0 Å². The molecule has 0 amide bonds. The van der Waals surface area contributed by atoms with E-state index in [2.05, 4.69) is 56.4 Å². The third kappa shape index (κ3) is 6.21. The molecule has 2 rings (SSSR count). The molecule has 1 heterocycles. The number of hydrogen-bond donors (Lipinski definition) is 3. The summed E-state index contributed by atoms with van der Waals surface area (Å²) in [7, 11) is -1.42. The van der Waals surface area contributed by atoms with Crippen molar-refractivity contribution in [2.45, 2.75) is 26.3 Å². The van der Waals surface area contributed by atoms with Crippen LogP contribution in [0.3, 0.4) is 0 Å². The van der Waals surface area contributed by atoms with Gasteiger partial charge in [-0.2, -0.15) is 0 Å². The third-order valence-corrected chi connectivity index (χ3v) is 5.68. The van der Waals surface area contributed by atoms with Crippen molar-refractivity contribution in [1.82, 2.24) is 15.4 Å². The fourth-order valence-electron chi connectivity index (χ4n) is 2.75. The Bertz CT molecular complexity index is 673. The predicted molar refractivity (Wildman–Crippen MR) is 104 cm³/mol. The second-order valence-electron chi connectivity index (χ2n) is 6.21. The molecular weight excluding hydrogens is 338 g/mol. The molecule has 3 N–H and O–H groups in total.